The molecule has 0 aliphatic rings. The van der Waals surface area contributed by atoms with Crippen molar-refractivity contribution in [3.05, 3.63) is 65.2 Å². The van der Waals surface area contributed by atoms with Crippen LogP contribution in [0, 0.1) is 5.82 Å². The maximum Gasteiger partial charge on any atom is 0.123 e. The van der Waals surface area contributed by atoms with Crippen LogP contribution in [-0.2, 0) is 6.42 Å². The summed E-state index contributed by atoms with van der Waals surface area (Å²) < 4.78 is 13.4. The van der Waals surface area contributed by atoms with Crippen molar-refractivity contribution in [1.82, 2.24) is 10.3 Å². The minimum absolute atomic E-state index is 0.189. The fourth-order valence-electron chi connectivity index (χ4n) is 2.03. The number of pyridine rings is 1. The maximum atomic E-state index is 13.4. The molecule has 0 spiro atoms. The second kappa shape index (κ2) is 5.74. The molecule has 3 heteroatoms. The number of aromatic nitrogens is 1. The minimum Gasteiger partial charge on any atom is -0.313 e. The summed E-state index contributed by atoms with van der Waals surface area (Å²) in [5.74, 6) is -0.189. The SMILES string of the molecule is CNC(C)c1ccc(F)cc1Cc1ccncc1. The molecule has 0 fully saturated rings. The molecule has 18 heavy (non-hydrogen) atoms. The zero-order chi connectivity index (χ0) is 13.0. The minimum atomic E-state index is -0.189. The number of benzene rings is 1. The number of hydrogen-bond donors (Lipinski definition) is 1. The Bertz CT molecular complexity index is 511. The topological polar surface area (TPSA) is 24.9 Å². The van der Waals surface area contributed by atoms with Crippen molar-refractivity contribution >= 4 is 0 Å². The van der Waals surface area contributed by atoms with E-state index in [0.717, 1.165) is 23.1 Å². The van der Waals surface area contributed by atoms with E-state index in [4.69, 9.17) is 0 Å². The predicted octanol–water partition coefficient (Wildman–Crippen LogP) is 3.09. The van der Waals surface area contributed by atoms with Crippen LogP contribution in [0.2, 0.25) is 0 Å². The maximum absolute atomic E-state index is 13.4. The van der Waals surface area contributed by atoms with Gasteiger partial charge in [0, 0.05) is 18.4 Å². The van der Waals surface area contributed by atoms with Crippen LogP contribution in [0.1, 0.15) is 29.7 Å². The highest BCUT2D eigenvalue weighted by atomic mass is 19.1. The van der Waals surface area contributed by atoms with Gasteiger partial charge >= 0.3 is 0 Å². The summed E-state index contributed by atoms with van der Waals surface area (Å²) in [6, 6.07) is 9.11. The molecule has 0 amide bonds. The van der Waals surface area contributed by atoms with Crippen LogP contribution in [0.25, 0.3) is 0 Å². The second-order valence-corrected chi connectivity index (χ2v) is 4.39. The monoisotopic (exact) mass is 244 g/mol. The number of nitrogens with one attached hydrogen (secondary N) is 1. The van der Waals surface area contributed by atoms with Gasteiger partial charge in [0.15, 0.2) is 0 Å². The van der Waals surface area contributed by atoms with Crippen molar-refractivity contribution in [2.75, 3.05) is 7.05 Å². The molecule has 2 aromatic rings. The zero-order valence-corrected chi connectivity index (χ0v) is 10.7. The first kappa shape index (κ1) is 12.7. The lowest BCUT2D eigenvalue weighted by atomic mass is 9.96. The molecule has 1 heterocycles. The normalized spacial score (nSPS) is 12.4. The Labute approximate surface area is 107 Å². The van der Waals surface area contributed by atoms with Crippen LogP contribution in [0.3, 0.4) is 0 Å². The predicted molar refractivity (Wildman–Crippen MR) is 70.9 cm³/mol. The highest BCUT2D eigenvalue weighted by Crippen LogP contribution is 2.21. The molecule has 1 aromatic heterocycles. The number of halogens is 1. The third-order valence-electron chi connectivity index (χ3n) is 3.15. The molecule has 1 unspecified atom stereocenters. The first-order chi connectivity index (χ1) is 8.70. The molecule has 0 saturated heterocycles. The van der Waals surface area contributed by atoms with Gasteiger partial charge < -0.3 is 5.32 Å². The average molecular weight is 244 g/mol. The summed E-state index contributed by atoms with van der Waals surface area (Å²) in [6.07, 6.45) is 4.24. The Hall–Kier alpha value is -1.74. The van der Waals surface area contributed by atoms with Crippen LogP contribution in [0.15, 0.2) is 42.7 Å². The van der Waals surface area contributed by atoms with E-state index in [1.165, 1.54) is 6.07 Å². The van der Waals surface area contributed by atoms with Crippen LogP contribution >= 0.6 is 0 Å². The van der Waals surface area contributed by atoms with Gasteiger partial charge in [-0.3, -0.25) is 4.98 Å². The summed E-state index contributed by atoms with van der Waals surface area (Å²) in [6.45, 7) is 2.07. The van der Waals surface area contributed by atoms with Gasteiger partial charge in [-0.2, -0.15) is 0 Å². The molecule has 1 N–H and O–H groups in total. The van der Waals surface area contributed by atoms with E-state index in [1.807, 2.05) is 25.2 Å². The molecule has 0 aliphatic heterocycles. The van der Waals surface area contributed by atoms with E-state index >= 15 is 0 Å². The highest BCUT2D eigenvalue weighted by molar-refractivity contribution is 5.34. The second-order valence-electron chi connectivity index (χ2n) is 4.39. The summed E-state index contributed by atoms with van der Waals surface area (Å²) in [5.41, 5.74) is 3.29. The third-order valence-corrected chi connectivity index (χ3v) is 3.15. The molecule has 2 nitrogen and oxygen atoms in total. The molecule has 0 bridgehead atoms. The van der Waals surface area contributed by atoms with E-state index in [-0.39, 0.29) is 11.9 Å². The van der Waals surface area contributed by atoms with Crippen molar-refractivity contribution in [1.29, 1.82) is 0 Å². The van der Waals surface area contributed by atoms with Gasteiger partial charge in [-0.1, -0.05) is 6.07 Å². The smallest absolute Gasteiger partial charge is 0.123 e. The van der Waals surface area contributed by atoms with Crippen LogP contribution < -0.4 is 5.32 Å². The van der Waals surface area contributed by atoms with E-state index in [0.29, 0.717) is 0 Å². The fraction of sp³-hybridized carbons (Fsp3) is 0.267. The first-order valence-electron chi connectivity index (χ1n) is 6.05. The van der Waals surface area contributed by atoms with Crippen LogP contribution in [-0.4, -0.2) is 12.0 Å². The van der Waals surface area contributed by atoms with E-state index in [1.54, 1.807) is 18.5 Å². The summed E-state index contributed by atoms with van der Waals surface area (Å²) in [7, 11) is 1.91. The molecule has 0 aliphatic carbocycles. The molecule has 2 rings (SSSR count). The molecular weight excluding hydrogens is 227 g/mol. The molecule has 1 atom stereocenters. The Balaban J connectivity index is 2.33. The van der Waals surface area contributed by atoms with Crippen molar-refractivity contribution in [2.45, 2.75) is 19.4 Å². The Morgan fingerprint density at radius 2 is 1.94 bits per heavy atom. The van der Waals surface area contributed by atoms with Crippen molar-refractivity contribution in [3.63, 3.8) is 0 Å². The lowest BCUT2D eigenvalue weighted by molar-refractivity contribution is 0.613. The highest BCUT2D eigenvalue weighted by Gasteiger charge is 2.10. The average Bonchev–Trinajstić information content (AvgIpc) is 2.39. The number of rotatable bonds is 4. The zero-order valence-electron chi connectivity index (χ0n) is 10.7. The van der Waals surface area contributed by atoms with Gasteiger partial charge in [0.25, 0.3) is 0 Å². The Kier molecular flexibility index (Phi) is 4.05. The quantitative estimate of drug-likeness (QED) is 0.894. The van der Waals surface area contributed by atoms with E-state index < -0.39 is 0 Å². The van der Waals surface area contributed by atoms with Gasteiger partial charge in [-0.05, 0) is 61.3 Å². The van der Waals surface area contributed by atoms with Crippen LogP contribution in [0.5, 0.6) is 0 Å². The van der Waals surface area contributed by atoms with Crippen molar-refractivity contribution in [3.8, 4) is 0 Å². The van der Waals surface area contributed by atoms with Crippen molar-refractivity contribution in [2.24, 2.45) is 0 Å². The Morgan fingerprint density at radius 1 is 1.22 bits per heavy atom. The van der Waals surface area contributed by atoms with Gasteiger partial charge in [-0.25, -0.2) is 4.39 Å². The fourth-order valence-corrected chi connectivity index (χ4v) is 2.03. The van der Waals surface area contributed by atoms with Crippen LogP contribution in [0.4, 0.5) is 4.39 Å². The first-order valence-corrected chi connectivity index (χ1v) is 6.05. The molecule has 1 aromatic carbocycles. The van der Waals surface area contributed by atoms with Gasteiger partial charge in [0.1, 0.15) is 5.82 Å². The molecular formula is C15H17FN2. The standard InChI is InChI=1S/C15H17FN2/c1-11(17-2)15-4-3-14(16)10-13(15)9-12-5-7-18-8-6-12/h3-8,10-11,17H,9H2,1-2H3. The molecule has 94 valence electrons. The summed E-state index contributed by atoms with van der Waals surface area (Å²) >= 11 is 0. The largest absolute Gasteiger partial charge is 0.313 e. The van der Waals surface area contributed by atoms with Crippen molar-refractivity contribution < 1.29 is 4.39 Å². The molecule has 0 radical (unpaired) electrons. The third kappa shape index (κ3) is 2.93. The lowest BCUT2D eigenvalue weighted by Crippen LogP contribution is -2.14. The van der Waals surface area contributed by atoms with Gasteiger partial charge in [0.05, 0.1) is 0 Å². The van der Waals surface area contributed by atoms with Gasteiger partial charge in [0.2, 0.25) is 0 Å². The summed E-state index contributed by atoms with van der Waals surface area (Å²) in [4.78, 5) is 3.99. The molecule has 0 saturated carbocycles. The van der Waals surface area contributed by atoms with Gasteiger partial charge in [-0.15, -0.1) is 0 Å². The summed E-state index contributed by atoms with van der Waals surface area (Å²) in [5, 5.41) is 3.19. The lowest BCUT2D eigenvalue weighted by Gasteiger charge is -2.16. The van der Waals surface area contributed by atoms with E-state index in [9.17, 15) is 4.39 Å². The Morgan fingerprint density at radius 3 is 2.61 bits per heavy atom. The number of nitrogens with zero attached hydrogens (tertiary/aromatic N) is 1. The van der Waals surface area contributed by atoms with E-state index in [2.05, 4.69) is 17.2 Å². The number of hydrogen-bond acceptors (Lipinski definition) is 2.